The molecule has 1 aromatic heterocycles. The topological polar surface area (TPSA) is 90.4 Å². The summed E-state index contributed by atoms with van der Waals surface area (Å²) in [4.78, 5) is 25.5. The van der Waals surface area contributed by atoms with Crippen molar-refractivity contribution >= 4 is 28.2 Å². The molecule has 0 radical (unpaired) electrons. The van der Waals surface area contributed by atoms with Gasteiger partial charge in [-0.1, -0.05) is 23.5 Å². The van der Waals surface area contributed by atoms with Gasteiger partial charge < -0.3 is 14.8 Å². The SMILES string of the molecule is COCCc1nnc(NC(=O)[C@@H]2[C@H]3CC[C@@]4(CC(=O)c5ccccc5O4)[C@@H]32)s1. The number of aromatic nitrogens is 2. The van der Waals surface area contributed by atoms with Gasteiger partial charge in [0.1, 0.15) is 16.4 Å². The maximum Gasteiger partial charge on any atom is 0.230 e. The molecule has 0 unspecified atom stereocenters. The molecule has 2 aromatic rings. The van der Waals surface area contributed by atoms with Gasteiger partial charge in [0.15, 0.2) is 5.78 Å². The van der Waals surface area contributed by atoms with Gasteiger partial charge in [-0.05, 0) is 30.9 Å². The molecular weight excluding hydrogens is 378 g/mol. The molecule has 7 nitrogen and oxygen atoms in total. The number of carbonyl (C=O) groups excluding carboxylic acids is 2. The molecule has 0 bridgehead atoms. The molecular formula is C20H21N3O4S. The molecule has 1 aromatic carbocycles. The minimum absolute atomic E-state index is 0.0431. The first-order chi connectivity index (χ1) is 13.6. The molecule has 1 amide bonds. The highest BCUT2D eigenvalue weighted by Crippen LogP contribution is 2.65. The fourth-order valence-corrected chi connectivity index (χ4v) is 5.63. The van der Waals surface area contributed by atoms with E-state index in [-0.39, 0.29) is 29.4 Å². The van der Waals surface area contributed by atoms with Gasteiger partial charge in [-0.2, -0.15) is 0 Å². The number of benzene rings is 1. The van der Waals surface area contributed by atoms with E-state index in [1.165, 1.54) is 11.3 Å². The number of hydrogen-bond donors (Lipinski definition) is 1. The van der Waals surface area contributed by atoms with Crippen LogP contribution in [0.3, 0.4) is 0 Å². The maximum atomic E-state index is 12.8. The lowest BCUT2D eigenvalue weighted by Gasteiger charge is -2.37. The number of ether oxygens (including phenoxy) is 2. The van der Waals surface area contributed by atoms with Gasteiger partial charge >= 0.3 is 0 Å². The van der Waals surface area contributed by atoms with E-state index in [0.29, 0.717) is 35.9 Å². The predicted octanol–water partition coefficient (Wildman–Crippen LogP) is 2.73. The summed E-state index contributed by atoms with van der Waals surface area (Å²) in [5.74, 6) is 0.957. The van der Waals surface area contributed by atoms with Gasteiger partial charge in [0, 0.05) is 25.4 Å². The number of carbonyl (C=O) groups is 2. The van der Waals surface area contributed by atoms with E-state index >= 15 is 0 Å². The third-order valence-electron chi connectivity index (χ3n) is 6.16. The molecule has 1 spiro atoms. The summed E-state index contributed by atoms with van der Waals surface area (Å²) in [5, 5.41) is 12.4. The summed E-state index contributed by atoms with van der Waals surface area (Å²) in [5.41, 5.74) is 0.110. The van der Waals surface area contributed by atoms with Crippen LogP contribution in [0.2, 0.25) is 0 Å². The van der Waals surface area contributed by atoms with Crippen LogP contribution in [0.25, 0.3) is 0 Å². The second kappa shape index (κ2) is 6.63. The normalized spacial score (nSPS) is 29.9. The van der Waals surface area contributed by atoms with Crippen LogP contribution in [-0.4, -0.2) is 41.2 Å². The van der Waals surface area contributed by atoms with E-state index in [1.54, 1.807) is 7.11 Å². The lowest BCUT2D eigenvalue weighted by atomic mass is 9.84. The van der Waals surface area contributed by atoms with Crippen LogP contribution < -0.4 is 10.1 Å². The number of fused-ring (bicyclic) bond motifs is 3. The third kappa shape index (κ3) is 2.82. The largest absolute Gasteiger partial charge is 0.486 e. The molecule has 1 N–H and O–H groups in total. The smallest absolute Gasteiger partial charge is 0.230 e. The van der Waals surface area contributed by atoms with E-state index in [9.17, 15) is 9.59 Å². The molecule has 0 saturated heterocycles. The monoisotopic (exact) mass is 399 g/mol. The van der Waals surface area contributed by atoms with Gasteiger partial charge in [-0.3, -0.25) is 9.59 Å². The fraction of sp³-hybridized carbons (Fsp3) is 0.500. The van der Waals surface area contributed by atoms with Gasteiger partial charge in [-0.25, -0.2) is 0 Å². The third-order valence-corrected chi connectivity index (χ3v) is 7.06. The zero-order valence-corrected chi connectivity index (χ0v) is 16.3. The van der Waals surface area contributed by atoms with Crippen LogP contribution in [0.4, 0.5) is 5.13 Å². The van der Waals surface area contributed by atoms with Crippen molar-refractivity contribution in [2.75, 3.05) is 19.0 Å². The summed E-state index contributed by atoms with van der Waals surface area (Å²) in [6, 6.07) is 7.39. The minimum Gasteiger partial charge on any atom is -0.486 e. The van der Waals surface area contributed by atoms with Crippen LogP contribution in [0.5, 0.6) is 5.75 Å². The summed E-state index contributed by atoms with van der Waals surface area (Å²) in [7, 11) is 1.64. The van der Waals surface area contributed by atoms with Crippen LogP contribution in [0.15, 0.2) is 24.3 Å². The molecule has 2 fully saturated rings. The summed E-state index contributed by atoms with van der Waals surface area (Å²) >= 11 is 1.37. The van der Waals surface area contributed by atoms with Crippen molar-refractivity contribution in [1.82, 2.24) is 10.2 Å². The second-order valence-electron chi connectivity index (χ2n) is 7.75. The Hall–Kier alpha value is -2.32. The van der Waals surface area contributed by atoms with E-state index < -0.39 is 5.60 Å². The van der Waals surface area contributed by atoms with Gasteiger partial charge in [-0.15, -0.1) is 10.2 Å². The van der Waals surface area contributed by atoms with Crippen molar-refractivity contribution in [2.45, 2.75) is 31.3 Å². The van der Waals surface area contributed by atoms with Gasteiger partial charge in [0.05, 0.1) is 18.6 Å². The summed E-state index contributed by atoms with van der Waals surface area (Å²) in [6.07, 6.45) is 2.77. The van der Waals surface area contributed by atoms with Gasteiger partial charge in [0.25, 0.3) is 0 Å². The van der Waals surface area contributed by atoms with Crippen molar-refractivity contribution in [3.05, 3.63) is 34.8 Å². The number of anilines is 1. The molecule has 5 rings (SSSR count). The molecule has 146 valence electrons. The number of nitrogens with zero attached hydrogens (tertiary/aromatic N) is 2. The first kappa shape index (κ1) is 17.8. The number of para-hydroxylation sites is 1. The molecule has 28 heavy (non-hydrogen) atoms. The zero-order valence-electron chi connectivity index (χ0n) is 15.5. The highest BCUT2D eigenvalue weighted by molar-refractivity contribution is 7.15. The number of ketones is 1. The second-order valence-corrected chi connectivity index (χ2v) is 8.81. The van der Waals surface area contributed by atoms with Gasteiger partial charge in [0.2, 0.25) is 11.0 Å². The Labute approximate surface area is 166 Å². The summed E-state index contributed by atoms with van der Waals surface area (Å²) < 4.78 is 11.4. The number of rotatable bonds is 5. The standard InChI is InChI=1S/C20H21N3O4S/c1-26-9-7-15-22-23-19(28-15)21-18(25)16-12-6-8-20(17(12)16)10-13(24)11-4-2-3-5-14(11)27-20/h2-5,12,16-17H,6-10H2,1H3,(H,21,23,25)/t12-,16-,17+,20-/m1/s1. The van der Waals surface area contributed by atoms with Crippen molar-refractivity contribution in [1.29, 1.82) is 0 Å². The Kier molecular flexibility index (Phi) is 4.21. The molecule has 4 atom stereocenters. The minimum atomic E-state index is -0.539. The molecule has 2 aliphatic carbocycles. The highest BCUT2D eigenvalue weighted by atomic mass is 32.1. The highest BCUT2D eigenvalue weighted by Gasteiger charge is 2.70. The quantitative estimate of drug-likeness (QED) is 0.831. The van der Waals surface area contributed by atoms with E-state index in [4.69, 9.17) is 9.47 Å². The lowest BCUT2D eigenvalue weighted by Crippen LogP contribution is -2.44. The number of hydrogen-bond acceptors (Lipinski definition) is 7. The van der Waals surface area contributed by atoms with Crippen LogP contribution in [-0.2, 0) is 16.0 Å². The Morgan fingerprint density at radius 3 is 3.11 bits per heavy atom. The fourth-order valence-electron chi connectivity index (χ4n) is 4.90. The van der Waals surface area contributed by atoms with Crippen molar-refractivity contribution in [3.63, 3.8) is 0 Å². The Morgan fingerprint density at radius 2 is 2.25 bits per heavy atom. The summed E-state index contributed by atoms with van der Waals surface area (Å²) in [6.45, 7) is 0.574. The lowest BCUT2D eigenvalue weighted by molar-refractivity contribution is -0.119. The molecule has 1 aliphatic heterocycles. The van der Waals surface area contributed by atoms with Crippen molar-refractivity contribution < 1.29 is 19.1 Å². The first-order valence-corrected chi connectivity index (χ1v) is 10.4. The molecule has 3 aliphatic rings. The average Bonchev–Trinajstić information content (AvgIpc) is 3.12. The number of amides is 1. The van der Waals surface area contributed by atoms with Crippen LogP contribution >= 0.6 is 11.3 Å². The average molecular weight is 399 g/mol. The van der Waals surface area contributed by atoms with E-state index in [2.05, 4.69) is 15.5 Å². The number of nitrogens with one attached hydrogen (secondary N) is 1. The number of Topliss-reactive ketones (excluding diaryl/α,β-unsaturated/α-hetero) is 1. The van der Waals surface area contributed by atoms with Crippen molar-refractivity contribution in [3.8, 4) is 5.75 Å². The number of methoxy groups -OCH3 is 1. The van der Waals surface area contributed by atoms with Crippen LogP contribution in [0, 0.1) is 17.8 Å². The maximum absolute atomic E-state index is 12.8. The van der Waals surface area contributed by atoms with Crippen LogP contribution in [0.1, 0.15) is 34.6 Å². The Morgan fingerprint density at radius 1 is 1.39 bits per heavy atom. The molecule has 8 heteroatoms. The van der Waals surface area contributed by atoms with E-state index in [0.717, 1.165) is 17.8 Å². The first-order valence-electron chi connectivity index (χ1n) is 9.55. The molecule has 2 saturated carbocycles. The van der Waals surface area contributed by atoms with E-state index in [1.807, 2.05) is 24.3 Å². The Bertz CT molecular complexity index is 945. The van der Waals surface area contributed by atoms with Crippen molar-refractivity contribution in [2.24, 2.45) is 17.8 Å². The predicted molar refractivity (Wildman–Crippen MR) is 103 cm³/mol. The Balaban J connectivity index is 1.29. The molecule has 2 heterocycles. The zero-order chi connectivity index (χ0) is 19.3.